The molecule has 122 valence electrons. The highest BCUT2D eigenvalue weighted by Gasteiger charge is 2.22. The van der Waals surface area contributed by atoms with Crippen molar-refractivity contribution in [1.82, 2.24) is 4.98 Å². The van der Waals surface area contributed by atoms with E-state index in [1.54, 1.807) is 11.4 Å². The van der Waals surface area contributed by atoms with E-state index in [0.29, 0.717) is 16.5 Å². The van der Waals surface area contributed by atoms with Crippen LogP contribution in [-0.4, -0.2) is 16.8 Å². The first-order valence-corrected chi connectivity index (χ1v) is 7.93. The summed E-state index contributed by atoms with van der Waals surface area (Å²) in [4.78, 5) is 28.0. The topological polar surface area (TPSA) is 71.1 Å². The van der Waals surface area contributed by atoms with Crippen LogP contribution in [-0.2, 0) is 16.0 Å². The van der Waals surface area contributed by atoms with Crippen LogP contribution >= 0.6 is 11.3 Å². The first-order valence-electron chi connectivity index (χ1n) is 7.05. The Bertz CT molecular complexity index is 722. The summed E-state index contributed by atoms with van der Waals surface area (Å²) in [6.45, 7) is 5.43. The third kappa shape index (κ3) is 5.14. The molecule has 0 fully saturated rings. The average molecular weight is 335 g/mol. The van der Waals surface area contributed by atoms with Gasteiger partial charge in [-0.3, -0.25) is 9.59 Å². The lowest BCUT2D eigenvalue weighted by atomic mass is 9.96. The van der Waals surface area contributed by atoms with Crippen LogP contribution in [0.4, 0.5) is 15.2 Å². The molecule has 5 nitrogen and oxygen atoms in total. The van der Waals surface area contributed by atoms with Crippen molar-refractivity contribution in [2.45, 2.75) is 27.2 Å². The molecule has 2 N–H and O–H groups in total. The van der Waals surface area contributed by atoms with Gasteiger partial charge in [0.1, 0.15) is 5.82 Å². The van der Waals surface area contributed by atoms with Crippen molar-refractivity contribution < 1.29 is 14.0 Å². The number of aromatic nitrogens is 1. The number of benzene rings is 1. The number of carbonyl (C=O) groups excluding carboxylic acids is 2. The van der Waals surface area contributed by atoms with Crippen molar-refractivity contribution in [3.8, 4) is 0 Å². The minimum absolute atomic E-state index is 0.0540. The molecule has 1 heterocycles. The van der Waals surface area contributed by atoms with Gasteiger partial charge in [0.15, 0.2) is 5.13 Å². The van der Waals surface area contributed by atoms with Gasteiger partial charge in [-0.15, -0.1) is 11.3 Å². The van der Waals surface area contributed by atoms with Crippen LogP contribution in [0.1, 0.15) is 26.5 Å². The number of hydrogen-bond donors (Lipinski definition) is 2. The Hall–Kier alpha value is -2.28. The minimum atomic E-state index is -0.513. The van der Waals surface area contributed by atoms with E-state index in [2.05, 4.69) is 15.6 Å². The fourth-order valence-electron chi connectivity index (χ4n) is 1.67. The molecular weight excluding hydrogens is 317 g/mol. The van der Waals surface area contributed by atoms with E-state index in [1.165, 1.54) is 29.5 Å². The highest BCUT2D eigenvalue weighted by Crippen LogP contribution is 2.21. The summed E-state index contributed by atoms with van der Waals surface area (Å²) in [5, 5.41) is 7.49. The Morgan fingerprint density at radius 2 is 2.00 bits per heavy atom. The zero-order valence-electron chi connectivity index (χ0n) is 13.1. The summed E-state index contributed by atoms with van der Waals surface area (Å²) < 4.78 is 13.1. The second-order valence-corrected chi connectivity index (χ2v) is 6.94. The predicted octanol–water partition coefficient (Wildman–Crippen LogP) is 3.45. The van der Waals surface area contributed by atoms with Crippen molar-refractivity contribution in [3.05, 3.63) is 41.2 Å². The van der Waals surface area contributed by atoms with Crippen LogP contribution < -0.4 is 10.6 Å². The minimum Gasteiger partial charge on any atom is -0.326 e. The Balaban J connectivity index is 1.93. The van der Waals surface area contributed by atoms with Gasteiger partial charge in [-0.25, -0.2) is 9.37 Å². The van der Waals surface area contributed by atoms with Gasteiger partial charge in [-0.05, 0) is 18.2 Å². The van der Waals surface area contributed by atoms with E-state index in [-0.39, 0.29) is 18.2 Å². The third-order valence-corrected chi connectivity index (χ3v) is 3.71. The normalized spacial score (nSPS) is 11.1. The van der Waals surface area contributed by atoms with Crippen LogP contribution in [0.3, 0.4) is 0 Å². The third-order valence-electron chi connectivity index (χ3n) is 2.90. The Morgan fingerprint density at radius 3 is 2.65 bits per heavy atom. The molecule has 0 spiro atoms. The molecule has 0 bridgehead atoms. The molecule has 0 saturated heterocycles. The van der Waals surface area contributed by atoms with Gasteiger partial charge in [0, 0.05) is 16.5 Å². The number of rotatable bonds is 4. The van der Waals surface area contributed by atoms with E-state index in [4.69, 9.17) is 0 Å². The molecule has 0 saturated carbocycles. The largest absolute Gasteiger partial charge is 0.326 e. The standard InChI is InChI=1S/C16H18FN3O2S/c1-16(2,3)14(22)20-15-19-12(9-23-15)8-13(21)18-11-6-4-5-10(17)7-11/h4-7,9H,8H2,1-3H3,(H,18,21)(H,19,20,22). The number of hydrogen-bond acceptors (Lipinski definition) is 4. The number of halogens is 1. The summed E-state index contributed by atoms with van der Waals surface area (Å²) >= 11 is 1.26. The molecule has 0 unspecified atom stereocenters. The number of amides is 2. The zero-order chi connectivity index (χ0) is 17.0. The predicted molar refractivity (Wildman–Crippen MR) is 88.9 cm³/mol. The van der Waals surface area contributed by atoms with Crippen molar-refractivity contribution in [1.29, 1.82) is 0 Å². The molecule has 23 heavy (non-hydrogen) atoms. The Kier molecular flexibility index (Phi) is 5.10. The van der Waals surface area contributed by atoms with Crippen LogP contribution in [0.25, 0.3) is 0 Å². The highest BCUT2D eigenvalue weighted by atomic mass is 32.1. The number of nitrogens with one attached hydrogen (secondary N) is 2. The van der Waals surface area contributed by atoms with Crippen LogP contribution in [0, 0.1) is 11.2 Å². The van der Waals surface area contributed by atoms with Gasteiger partial charge in [-0.1, -0.05) is 26.8 Å². The van der Waals surface area contributed by atoms with E-state index >= 15 is 0 Å². The molecule has 0 aliphatic heterocycles. The van der Waals surface area contributed by atoms with Crippen LogP contribution in [0.2, 0.25) is 0 Å². The van der Waals surface area contributed by atoms with Gasteiger partial charge in [0.05, 0.1) is 12.1 Å². The van der Waals surface area contributed by atoms with Gasteiger partial charge in [0.2, 0.25) is 11.8 Å². The SMILES string of the molecule is CC(C)(C)C(=O)Nc1nc(CC(=O)Nc2cccc(F)c2)cs1. The first kappa shape index (κ1) is 17.1. The summed E-state index contributed by atoms with van der Waals surface area (Å²) in [5.74, 6) is -0.846. The average Bonchev–Trinajstić information content (AvgIpc) is 2.84. The van der Waals surface area contributed by atoms with Crippen molar-refractivity contribution in [2.24, 2.45) is 5.41 Å². The Morgan fingerprint density at radius 1 is 1.26 bits per heavy atom. The molecule has 2 amide bonds. The monoisotopic (exact) mass is 335 g/mol. The second kappa shape index (κ2) is 6.87. The van der Waals surface area contributed by atoms with E-state index < -0.39 is 11.2 Å². The molecular formula is C16H18FN3O2S. The van der Waals surface area contributed by atoms with Gasteiger partial charge >= 0.3 is 0 Å². The maximum absolute atomic E-state index is 13.1. The van der Waals surface area contributed by atoms with E-state index in [1.807, 2.05) is 20.8 Å². The number of carbonyl (C=O) groups is 2. The fraction of sp³-hybridized carbons (Fsp3) is 0.312. The molecule has 2 rings (SSSR count). The van der Waals surface area contributed by atoms with Gasteiger partial charge in [0.25, 0.3) is 0 Å². The zero-order valence-corrected chi connectivity index (χ0v) is 14.0. The molecule has 0 aliphatic carbocycles. The lowest BCUT2D eigenvalue weighted by Gasteiger charge is -2.15. The molecule has 1 aromatic carbocycles. The fourth-order valence-corrected chi connectivity index (χ4v) is 2.37. The lowest BCUT2D eigenvalue weighted by Crippen LogP contribution is -2.27. The summed E-state index contributed by atoms with van der Waals surface area (Å²) in [7, 11) is 0. The summed E-state index contributed by atoms with van der Waals surface area (Å²) in [6.07, 6.45) is 0.0540. The summed E-state index contributed by atoms with van der Waals surface area (Å²) in [5.41, 5.74) is 0.431. The maximum Gasteiger partial charge on any atom is 0.231 e. The van der Waals surface area contributed by atoms with Crippen LogP contribution in [0.15, 0.2) is 29.6 Å². The molecule has 1 aromatic heterocycles. The number of nitrogens with zero attached hydrogens (tertiary/aromatic N) is 1. The van der Waals surface area contributed by atoms with E-state index in [0.717, 1.165) is 0 Å². The maximum atomic E-state index is 13.1. The summed E-state index contributed by atoms with van der Waals surface area (Å²) in [6, 6.07) is 5.68. The highest BCUT2D eigenvalue weighted by molar-refractivity contribution is 7.13. The molecule has 2 aromatic rings. The number of thiazole rings is 1. The molecule has 0 atom stereocenters. The van der Waals surface area contributed by atoms with Crippen molar-refractivity contribution in [3.63, 3.8) is 0 Å². The van der Waals surface area contributed by atoms with Gasteiger partial charge in [-0.2, -0.15) is 0 Å². The smallest absolute Gasteiger partial charge is 0.231 e. The number of anilines is 2. The van der Waals surface area contributed by atoms with Crippen molar-refractivity contribution in [2.75, 3.05) is 10.6 Å². The molecule has 0 aliphatic rings. The van der Waals surface area contributed by atoms with Gasteiger partial charge < -0.3 is 10.6 Å². The van der Waals surface area contributed by atoms with Crippen molar-refractivity contribution >= 4 is 34.0 Å². The Labute approximate surface area is 137 Å². The lowest BCUT2D eigenvalue weighted by molar-refractivity contribution is -0.123. The second-order valence-electron chi connectivity index (χ2n) is 6.08. The first-order chi connectivity index (χ1) is 10.7. The van der Waals surface area contributed by atoms with E-state index in [9.17, 15) is 14.0 Å². The quantitative estimate of drug-likeness (QED) is 0.899. The van der Waals surface area contributed by atoms with Crippen LogP contribution in [0.5, 0.6) is 0 Å². The molecule has 7 heteroatoms. The molecule has 0 radical (unpaired) electrons.